The van der Waals surface area contributed by atoms with Crippen LogP contribution >= 0.6 is 0 Å². The molecule has 2 N–H and O–H groups in total. The fourth-order valence-corrected chi connectivity index (χ4v) is 2.94. The number of hydrogen-bond acceptors (Lipinski definition) is 4. The van der Waals surface area contributed by atoms with Crippen molar-refractivity contribution < 1.29 is 0 Å². The molecule has 1 aliphatic rings. The Morgan fingerprint density at radius 3 is 2.38 bits per heavy atom. The average molecular weight is 282 g/mol. The lowest BCUT2D eigenvalue weighted by atomic mass is 9.90. The molecule has 1 saturated heterocycles. The van der Waals surface area contributed by atoms with Gasteiger partial charge in [0.05, 0.1) is 5.69 Å². The highest BCUT2D eigenvalue weighted by Gasteiger charge is 2.20. The molecule has 110 valence electrons. The standard InChI is InChI=1S/C17H22N4/c18-13-16-6-7-17(20-19-16)21-10-8-15(9-11-21)12-14-4-2-1-3-5-14/h1-7,15H,8-13,18H2. The molecule has 1 aromatic carbocycles. The maximum Gasteiger partial charge on any atom is 0.151 e. The van der Waals surface area contributed by atoms with Crippen LogP contribution in [0.4, 0.5) is 5.82 Å². The summed E-state index contributed by atoms with van der Waals surface area (Å²) in [6, 6.07) is 14.8. The van der Waals surface area contributed by atoms with E-state index in [9.17, 15) is 0 Å². The minimum absolute atomic E-state index is 0.451. The van der Waals surface area contributed by atoms with Crippen LogP contribution in [0.1, 0.15) is 24.1 Å². The van der Waals surface area contributed by atoms with Crippen LogP contribution in [0, 0.1) is 5.92 Å². The maximum absolute atomic E-state index is 5.55. The van der Waals surface area contributed by atoms with E-state index in [-0.39, 0.29) is 0 Å². The first-order valence-corrected chi connectivity index (χ1v) is 7.66. The molecule has 4 heteroatoms. The summed E-state index contributed by atoms with van der Waals surface area (Å²) in [5, 5.41) is 8.42. The zero-order valence-electron chi connectivity index (χ0n) is 12.3. The van der Waals surface area contributed by atoms with E-state index in [1.54, 1.807) is 0 Å². The summed E-state index contributed by atoms with van der Waals surface area (Å²) in [6.07, 6.45) is 3.62. The predicted octanol–water partition coefficient (Wildman–Crippen LogP) is 2.39. The molecule has 21 heavy (non-hydrogen) atoms. The van der Waals surface area contributed by atoms with Gasteiger partial charge in [-0.15, -0.1) is 5.10 Å². The van der Waals surface area contributed by atoms with Gasteiger partial charge in [-0.25, -0.2) is 0 Å². The summed E-state index contributed by atoms with van der Waals surface area (Å²) in [4.78, 5) is 2.33. The van der Waals surface area contributed by atoms with Crippen LogP contribution in [0.25, 0.3) is 0 Å². The van der Waals surface area contributed by atoms with Gasteiger partial charge in [0.15, 0.2) is 5.82 Å². The van der Waals surface area contributed by atoms with Crippen LogP contribution in [-0.4, -0.2) is 23.3 Å². The Balaban J connectivity index is 1.54. The highest BCUT2D eigenvalue weighted by Crippen LogP contribution is 2.24. The van der Waals surface area contributed by atoms with Gasteiger partial charge in [0.25, 0.3) is 0 Å². The number of anilines is 1. The van der Waals surface area contributed by atoms with Gasteiger partial charge >= 0.3 is 0 Å². The third-order valence-corrected chi connectivity index (χ3v) is 4.22. The minimum Gasteiger partial charge on any atom is -0.355 e. The van der Waals surface area contributed by atoms with Crippen molar-refractivity contribution in [3.05, 3.63) is 53.7 Å². The molecule has 0 unspecified atom stereocenters. The normalized spacial score (nSPS) is 16.1. The lowest BCUT2D eigenvalue weighted by Crippen LogP contribution is -2.35. The average Bonchev–Trinajstić information content (AvgIpc) is 2.57. The van der Waals surface area contributed by atoms with Crippen LogP contribution < -0.4 is 10.6 Å². The second-order valence-electron chi connectivity index (χ2n) is 5.71. The van der Waals surface area contributed by atoms with Crippen molar-refractivity contribution in [3.8, 4) is 0 Å². The number of hydrogen-bond donors (Lipinski definition) is 1. The van der Waals surface area contributed by atoms with E-state index in [0.717, 1.165) is 30.5 Å². The zero-order valence-corrected chi connectivity index (χ0v) is 12.3. The molecule has 0 aliphatic carbocycles. The van der Waals surface area contributed by atoms with Gasteiger partial charge in [-0.3, -0.25) is 0 Å². The Kier molecular flexibility index (Phi) is 4.46. The van der Waals surface area contributed by atoms with E-state index >= 15 is 0 Å². The van der Waals surface area contributed by atoms with E-state index < -0.39 is 0 Å². The topological polar surface area (TPSA) is 55.0 Å². The molecule has 1 fully saturated rings. The van der Waals surface area contributed by atoms with Gasteiger partial charge in [-0.05, 0) is 42.9 Å². The van der Waals surface area contributed by atoms with Crippen molar-refractivity contribution >= 4 is 5.82 Å². The fraction of sp³-hybridized carbons (Fsp3) is 0.412. The zero-order chi connectivity index (χ0) is 14.5. The second kappa shape index (κ2) is 6.68. The molecule has 0 radical (unpaired) electrons. The van der Waals surface area contributed by atoms with E-state index in [0.29, 0.717) is 6.54 Å². The van der Waals surface area contributed by atoms with Gasteiger partial charge < -0.3 is 10.6 Å². The van der Waals surface area contributed by atoms with Crippen molar-refractivity contribution in [2.45, 2.75) is 25.8 Å². The molecule has 2 heterocycles. The summed E-state index contributed by atoms with van der Waals surface area (Å²) in [5.41, 5.74) is 7.85. The Hall–Kier alpha value is -1.94. The summed E-state index contributed by atoms with van der Waals surface area (Å²) in [6.45, 7) is 2.58. The number of rotatable bonds is 4. The third-order valence-electron chi connectivity index (χ3n) is 4.22. The van der Waals surface area contributed by atoms with Crippen LogP contribution in [0.2, 0.25) is 0 Å². The number of nitrogens with two attached hydrogens (primary N) is 1. The van der Waals surface area contributed by atoms with Gasteiger partial charge in [-0.1, -0.05) is 30.3 Å². The highest BCUT2D eigenvalue weighted by molar-refractivity contribution is 5.37. The Bertz CT molecular complexity index is 545. The minimum atomic E-state index is 0.451. The molecule has 0 saturated carbocycles. The molecular formula is C17H22N4. The van der Waals surface area contributed by atoms with Gasteiger partial charge in [0, 0.05) is 19.6 Å². The highest BCUT2D eigenvalue weighted by atomic mass is 15.3. The molecule has 0 bridgehead atoms. The Labute approximate surface area is 126 Å². The summed E-state index contributed by atoms with van der Waals surface area (Å²) >= 11 is 0. The summed E-state index contributed by atoms with van der Waals surface area (Å²) in [7, 11) is 0. The van der Waals surface area contributed by atoms with Gasteiger partial charge in [0.2, 0.25) is 0 Å². The molecule has 0 atom stereocenters. The van der Waals surface area contributed by atoms with Crippen molar-refractivity contribution in [1.29, 1.82) is 0 Å². The van der Waals surface area contributed by atoms with Gasteiger partial charge in [0.1, 0.15) is 0 Å². The first-order valence-electron chi connectivity index (χ1n) is 7.66. The van der Waals surface area contributed by atoms with Gasteiger partial charge in [-0.2, -0.15) is 5.10 Å². The molecule has 1 aromatic heterocycles. The summed E-state index contributed by atoms with van der Waals surface area (Å²) in [5.74, 6) is 1.75. The van der Waals surface area contributed by atoms with Crippen LogP contribution in [0.3, 0.4) is 0 Å². The molecular weight excluding hydrogens is 260 g/mol. The number of benzene rings is 1. The largest absolute Gasteiger partial charge is 0.355 e. The first-order chi connectivity index (χ1) is 10.3. The van der Waals surface area contributed by atoms with Crippen LogP contribution in [0.5, 0.6) is 0 Å². The molecule has 0 spiro atoms. The molecule has 4 nitrogen and oxygen atoms in total. The fourth-order valence-electron chi connectivity index (χ4n) is 2.94. The maximum atomic E-state index is 5.55. The molecule has 1 aliphatic heterocycles. The molecule has 3 rings (SSSR count). The van der Waals surface area contributed by atoms with E-state index in [2.05, 4.69) is 45.4 Å². The summed E-state index contributed by atoms with van der Waals surface area (Å²) < 4.78 is 0. The number of nitrogens with zero attached hydrogens (tertiary/aromatic N) is 3. The third kappa shape index (κ3) is 3.58. The van der Waals surface area contributed by atoms with E-state index in [1.807, 2.05) is 12.1 Å². The number of aromatic nitrogens is 2. The Morgan fingerprint density at radius 2 is 1.76 bits per heavy atom. The van der Waals surface area contributed by atoms with Crippen molar-refractivity contribution in [2.75, 3.05) is 18.0 Å². The monoisotopic (exact) mass is 282 g/mol. The van der Waals surface area contributed by atoms with E-state index in [4.69, 9.17) is 5.73 Å². The van der Waals surface area contributed by atoms with Crippen molar-refractivity contribution in [3.63, 3.8) is 0 Å². The van der Waals surface area contributed by atoms with Crippen molar-refractivity contribution in [2.24, 2.45) is 11.7 Å². The first kappa shape index (κ1) is 14.0. The Morgan fingerprint density at radius 1 is 1.00 bits per heavy atom. The second-order valence-corrected chi connectivity index (χ2v) is 5.71. The van der Waals surface area contributed by atoms with Crippen LogP contribution in [0.15, 0.2) is 42.5 Å². The lowest BCUT2D eigenvalue weighted by molar-refractivity contribution is 0.401. The number of piperidine rings is 1. The van der Waals surface area contributed by atoms with Crippen LogP contribution in [-0.2, 0) is 13.0 Å². The van der Waals surface area contributed by atoms with Crippen molar-refractivity contribution in [1.82, 2.24) is 10.2 Å². The predicted molar refractivity (Wildman–Crippen MR) is 85.0 cm³/mol. The SMILES string of the molecule is NCc1ccc(N2CCC(Cc3ccccc3)CC2)nn1. The lowest BCUT2D eigenvalue weighted by Gasteiger charge is -2.32. The van der Waals surface area contributed by atoms with E-state index in [1.165, 1.54) is 24.8 Å². The molecule has 0 amide bonds. The smallest absolute Gasteiger partial charge is 0.151 e. The quantitative estimate of drug-likeness (QED) is 0.935. The molecule has 2 aromatic rings.